The van der Waals surface area contributed by atoms with E-state index in [0.29, 0.717) is 0 Å². The zero-order valence-electron chi connectivity index (χ0n) is 21.8. The van der Waals surface area contributed by atoms with E-state index < -0.39 is 0 Å². The van der Waals surface area contributed by atoms with Crippen molar-refractivity contribution in [3.05, 3.63) is 173 Å². The van der Waals surface area contributed by atoms with Crippen molar-refractivity contribution in [1.82, 2.24) is 4.98 Å². The van der Waals surface area contributed by atoms with Gasteiger partial charge in [-0.3, -0.25) is 9.98 Å². The second-order valence-corrected chi connectivity index (χ2v) is 9.28. The van der Waals surface area contributed by atoms with Gasteiger partial charge in [0.15, 0.2) is 0 Å². The summed E-state index contributed by atoms with van der Waals surface area (Å²) in [4.78, 5) is 15.3. The molecule has 0 amide bonds. The molecule has 1 heterocycles. The van der Waals surface area contributed by atoms with E-state index in [-0.39, 0.29) is 12.1 Å². The lowest BCUT2D eigenvalue weighted by Gasteiger charge is -2.16. The van der Waals surface area contributed by atoms with Gasteiger partial charge in [0.05, 0.1) is 22.8 Å². The van der Waals surface area contributed by atoms with Crippen molar-refractivity contribution in [2.24, 2.45) is 9.98 Å². The van der Waals surface area contributed by atoms with Crippen LogP contribution in [-0.4, -0.2) is 16.4 Å². The minimum absolute atomic E-state index is 0.0989. The SMILES string of the molecule is CC(=NC(c1ccccc1)c1ccccc1)c1cccc(C(C)=NC(c2ccccc2)c2ccccc2)n1. The van der Waals surface area contributed by atoms with Gasteiger partial charge in [0.25, 0.3) is 0 Å². The van der Waals surface area contributed by atoms with Crippen molar-refractivity contribution < 1.29 is 0 Å². The van der Waals surface area contributed by atoms with E-state index >= 15 is 0 Å². The van der Waals surface area contributed by atoms with Gasteiger partial charge in [-0.15, -0.1) is 0 Å². The molecule has 3 nitrogen and oxygen atoms in total. The molecule has 0 radical (unpaired) electrons. The van der Waals surface area contributed by atoms with Crippen LogP contribution in [0.2, 0.25) is 0 Å². The highest BCUT2D eigenvalue weighted by atomic mass is 14.9. The third-order valence-electron chi connectivity index (χ3n) is 6.60. The summed E-state index contributed by atoms with van der Waals surface area (Å²) in [6.45, 7) is 4.07. The van der Waals surface area contributed by atoms with Crippen LogP contribution < -0.4 is 0 Å². The minimum atomic E-state index is -0.0989. The maximum absolute atomic E-state index is 5.16. The van der Waals surface area contributed by atoms with Gasteiger partial charge in [0.2, 0.25) is 0 Å². The number of aliphatic imine (C=N–C) groups is 2. The van der Waals surface area contributed by atoms with Crippen molar-refractivity contribution in [3.8, 4) is 0 Å². The maximum atomic E-state index is 5.16. The molecule has 0 spiro atoms. The number of nitrogens with zero attached hydrogens (tertiary/aromatic N) is 3. The van der Waals surface area contributed by atoms with Gasteiger partial charge in [-0.2, -0.15) is 0 Å². The Morgan fingerprint density at radius 3 is 1.00 bits per heavy atom. The predicted octanol–water partition coefficient (Wildman–Crippen LogP) is 8.28. The van der Waals surface area contributed by atoms with Crippen molar-refractivity contribution in [2.45, 2.75) is 25.9 Å². The van der Waals surface area contributed by atoms with Crippen LogP contribution in [0.4, 0.5) is 0 Å². The minimum Gasteiger partial charge on any atom is -0.275 e. The summed E-state index contributed by atoms with van der Waals surface area (Å²) >= 11 is 0. The summed E-state index contributed by atoms with van der Waals surface area (Å²) < 4.78 is 0. The number of hydrogen-bond acceptors (Lipinski definition) is 3. The Balaban J connectivity index is 1.50. The van der Waals surface area contributed by atoms with Crippen LogP contribution in [0.3, 0.4) is 0 Å². The van der Waals surface area contributed by atoms with E-state index in [1.54, 1.807) is 0 Å². The zero-order valence-corrected chi connectivity index (χ0v) is 21.8. The van der Waals surface area contributed by atoms with Gasteiger partial charge >= 0.3 is 0 Å². The lowest BCUT2D eigenvalue weighted by molar-refractivity contribution is 0.868. The molecule has 0 bridgehead atoms. The lowest BCUT2D eigenvalue weighted by atomic mass is 9.99. The number of pyridine rings is 1. The number of hydrogen-bond donors (Lipinski definition) is 0. The Morgan fingerprint density at radius 1 is 0.421 bits per heavy atom. The Hall–Kier alpha value is -4.63. The lowest BCUT2D eigenvalue weighted by Crippen LogP contribution is -2.09. The van der Waals surface area contributed by atoms with Gasteiger partial charge < -0.3 is 0 Å². The molecule has 0 saturated carbocycles. The van der Waals surface area contributed by atoms with E-state index in [0.717, 1.165) is 45.1 Å². The summed E-state index contributed by atoms with van der Waals surface area (Å²) in [6.07, 6.45) is 0. The molecule has 0 unspecified atom stereocenters. The zero-order chi connectivity index (χ0) is 26.2. The molecule has 0 fully saturated rings. The Bertz CT molecular complexity index is 1320. The molecule has 3 heteroatoms. The van der Waals surface area contributed by atoms with Crippen molar-refractivity contribution in [3.63, 3.8) is 0 Å². The molecule has 186 valence electrons. The Labute approximate surface area is 225 Å². The van der Waals surface area contributed by atoms with Crippen molar-refractivity contribution in [2.75, 3.05) is 0 Å². The summed E-state index contributed by atoms with van der Waals surface area (Å²) in [5, 5.41) is 0. The fourth-order valence-corrected chi connectivity index (χ4v) is 4.58. The monoisotopic (exact) mass is 493 g/mol. The average molecular weight is 494 g/mol. The van der Waals surface area contributed by atoms with E-state index in [4.69, 9.17) is 15.0 Å². The second kappa shape index (κ2) is 12.1. The Morgan fingerprint density at radius 2 is 0.711 bits per heavy atom. The Kier molecular flexibility index (Phi) is 7.95. The van der Waals surface area contributed by atoms with E-state index in [2.05, 4.69) is 97.1 Å². The van der Waals surface area contributed by atoms with Crippen LogP contribution in [0.1, 0.15) is 59.6 Å². The number of aromatic nitrogens is 1. The van der Waals surface area contributed by atoms with Gasteiger partial charge in [0.1, 0.15) is 12.1 Å². The fraction of sp³-hybridized carbons (Fsp3) is 0.114. The van der Waals surface area contributed by atoms with Crippen LogP contribution >= 0.6 is 0 Å². The van der Waals surface area contributed by atoms with Crippen LogP contribution in [0.5, 0.6) is 0 Å². The van der Waals surface area contributed by atoms with E-state index in [1.165, 1.54) is 0 Å². The highest BCUT2D eigenvalue weighted by Crippen LogP contribution is 2.28. The summed E-state index contributed by atoms with van der Waals surface area (Å²) in [5.74, 6) is 0. The molecular formula is C35H31N3. The van der Waals surface area contributed by atoms with E-state index in [9.17, 15) is 0 Å². The largest absolute Gasteiger partial charge is 0.275 e. The van der Waals surface area contributed by atoms with Crippen LogP contribution in [0.15, 0.2) is 150 Å². The first-order valence-electron chi connectivity index (χ1n) is 13.0. The van der Waals surface area contributed by atoms with E-state index in [1.807, 2.05) is 56.3 Å². The maximum Gasteiger partial charge on any atom is 0.100 e. The molecule has 0 aliphatic heterocycles. The van der Waals surface area contributed by atoms with Crippen LogP contribution in [0.25, 0.3) is 0 Å². The highest BCUT2D eigenvalue weighted by molar-refractivity contribution is 6.01. The molecule has 5 rings (SSSR count). The van der Waals surface area contributed by atoms with Crippen molar-refractivity contribution in [1.29, 1.82) is 0 Å². The molecule has 0 saturated heterocycles. The molecule has 5 aromatic rings. The quantitative estimate of drug-likeness (QED) is 0.200. The predicted molar refractivity (Wildman–Crippen MR) is 158 cm³/mol. The molecule has 1 aromatic heterocycles. The topological polar surface area (TPSA) is 37.6 Å². The van der Waals surface area contributed by atoms with Gasteiger partial charge in [-0.25, -0.2) is 4.98 Å². The first kappa shape index (κ1) is 25.0. The number of rotatable bonds is 8. The second-order valence-electron chi connectivity index (χ2n) is 9.28. The molecule has 4 aromatic carbocycles. The van der Waals surface area contributed by atoms with Gasteiger partial charge in [-0.05, 0) is 48.2 Å². The van der Waals surface area contributed by atoms with Gasteiger partial charge in [-0.1, -0.05) is 127 Å². The normalized spacial score (nSPS) is 12.2. The molecule has 0 aliphatic carbocycles. The third-order valence-corrected chi connectivity index (χ3v) is 6.60. The van der Waals surface area contributed by atoms with Crippen LogP contribution in [-0.2, 0) is 0 Å². The molecular weight excluding hydrogens is 462 g/mol. The summed E-state index contributed by atoms with van der Waals surface area (Å²) in [6, 6.07) is 47.5. The average Bonchev–Trinajstić information content (AvgIpc) is 3.00. The first-order chi connectivity index (χ1) is 18.7. The first-order valence-corrected chi connectivity index (χ1v) is 13.0. The third kappa shape index (κ3) is 6.01. The number of benzene rings is 4. The standard InChI is InChI=1S/C35H31N3/c1-26(36-34(28-16-7-3-8-17-28)29-18-9-4-10-19-29)32-24-15-25-33(38-32)27(2)37-35(30-20-11-5-12-21-30)31-22-13-6-14-23-31/h3-25,34-35H,1-2H3. The molecule has 0 aliphatic rings. The smallest absolute Gasteiger partial charge is 0.100 e. The molecule has 0 N–H and O–H groups in total. The van der Waals surface area contributed by atoms with Crippen molar-refractivity contribution >= 4 is 11.4 Å². The molecule has 0 atom stereocenters. The molecule has 38 heavy (non-hydrogen) atoms. The van der Waals surface area contributed by atoms with Crippen LogP contribution in [0, 0.1) is 0 Å². The fourth-order valence-electron chi connectivity index (χ4n) is 4.58. The van der Waals surface area contributed by atoms with Gasteiger partial charge in [0, 0.05) is 0 Å². The highest BCUT2D eigenvalue weighted by Gasteiger charge is 2.16. The summed E-state index contributed by atoms with van der Waals surface area (Å²) in [5.41, 5.74) is 8.09. The summed E-state index contributed by atoms with van der Waals surface area (Å²) in [7, 11) is 0.